The molecule has 1 aliphatic carbocycles. The number of anilines is 1. The minimum absolute atomic E-state index is 0.00373. The van der Waals surface area contributed by atoms with E-state index in [0.717, 1.165) is 24.8 Å². The van der Waals surface area contributed by atoms with E-state index in [1.165, 1.54) is 12.1 Å². The van der Waals surface area contributed by atoms with Crippen molar-refractivity contribution < 1.29 is 14.5 Å². The molecule has 3 rings (SSSR count). The van der Waals surface area contributed by atoms with E-state index >= 15 is 0 Å². The number of non-ortho nitro benzene ring substituents is 1. The zero-order valence-corrected chi connectivity index (χ0v) is 17.2. The Bertz CT molecular complexity index is 973. The third kappa shape index (κ3) is 4.28. The van der Waals surface area contributed by atoms with E-state index < -0.39 is 10.3 Å². The molecule has 1 N–H and O–H groups in total. The van der Waals surface area contributed by atoms with Crippen molar-refractivity contribution in [3.05, 3.63) is 63.7 Å². The fourth-order valence-corrected chi connectivity index (χ4v) is 3.88. The van der Waals surface area contributed by atoms with Crippen molar-refractivity contribution in [1.82, 2.24) is 0 Å². The van der Waals surface area contributed by atoms with Crippen molar-refractivity contribution in [2.75, 3.05) is 5.32 Å². The third-order valence-corrected chi connectivity index (χ3v) is 5.79. The Balaban J connectivity index is 1.87. The molecule has 1 amide bonds. The van der Waals surface area contributed by atoms with Gasteiger partial charge in [0.2, 0.25) is 5.91 Å². The zero-order chi connectivity index (χ0) is 21.7. The van der Waals surface area contributed by atoms with E-state index in [9.17, 15) is 20.2 Å². The zero-order valence-electron chi connectivity index (χ0n) is 17.2. The summed E-state index contributed by atoms with van der Waals surface area (Å²) in [5.74, 6) is 0.394. The molecular weight excluding hydrogens is 382 g/mol. The number of hydrogen-bond donors (Lipinski definition) is 1. The Hall–Kier alpha value is -3.40. The summed E-state index contributed by atoms with van der Waals surface area (Å²) in [6, 6.07) is 13.4. The summed E-state index contributed by atoms with van der Waals surface area (Å²) in [4.78, 5) is 23.9. The number of hydrogen-bond acceptors (Lipinski definition) is 5. The number of nitro groups is 1. The number of carbonyl (C=O) groups excluding carboxylic acids is 1. The molecule has 1 unspecified atom stereocenters. The lowest BCUT2D eigenvalue weighted by molar-refractivity contribution is -0.384. The molecule has 2 aromatic carbocycles. The number of rotatable bonds is 7. The van der Waals surface area contributed by atoms with Crippen LogP contribution in [0.15, 0.2) is 42.5 Å². The van der Waals surface area contributed by atoms with E-state index in [1.807, 2.05) is 13.8 Å². The molecule has 30 heavy (non-hydrogen) atoms. The molecule has 156 valence electrons. The van der Waals surface area contributed by atoms with Gasteiger partial charge in [-0.2, -0.15) is 5.26 Å². The average molecular weight is 407 g/mol. The predicted octanol–water partition coefficient (Wildman–Crippen LogP) is 5.09. The maximum Gasteiger partial charge on any atom is 0.269 e. The molecule has 2 aromatic rings. The van der Waals surface area contributed by atoms with Crippen molar-refractivity contribution in [3.63, 3.8) is 0 Å². The highest BCUT2D eigenvalue weighted by atomic mass is 16.6. The Kier molecular flexibility index (Phi) is 6.36. The van der Waals surface area contributed by atoms with E-state index in [-0.39, 0.29) is 17.7 Å². The molecule has 1 atom stereocenters. The molecule has 7 nitrogen and oxygen atoms in total. The Morgan fingerprint density at radius 3 is 2.50 bits per heavy atom. The molecule has 0 aromatic heterocycles. The number of ether oxygens (including phenoxy) is 1. The van der Waals surface area contributed by atoms with Gasteiger partial charge in [0, 0.05) is 18.2 Å². The monoisotopic (exact) mass is 407 g/mol. The Labute approximate surface area is 175 Å². The number of benzene rings is 2. The number of amides is 1. The fraction of sp³-hybridized carbons (Fsp3) is 0.391. The minimum Gasteiger partial charge on any atom is -0.491 e. The van der Waals surface area contributed by atoms with Gasteiger partial charge in [0.05, 0.1) is 27.7 Å². The van der Waals surface area contributed by atoms with Gasteiger partial charge in [-0.25, -0.2) is 0 Å². The van der Waals surface area contributed by atoms with Crippen LogP contribution in [0, 0.1) is 21.4 Å². The lowest BCUT2D eigenvalue weighted by Crippen LogP contribution is -2.38. The van der Waals surface area contributed by atoms with Gasteiger partial charge >= 0.3 is 0 Å². The topological polar surface area (TPSA) is 105 Å². The van der Waals surface area contributed by atoms with Crippen LogP contribution in [-0.4, -0.2) is 16.9 Å². The summed E-state index contributed by atoms with van der Waals surface area (Å²) in [6.07, 6.45) is 3.99. The van der Waals surface area contributed by atoms with Gasteiger partial charge in [0.25, 0.3) is 5.69 Å². The van der Waals surface area contributed by atoms with Crippen molar-refractivity contribution in [3.8, 4) is 11.8 Å². The van der Waals surface area contributed by atoms with Gasteiger partial charge in [-0.05, 0) is 43.9 Å². The second kappa shape index (κ2) is 8.95. The highest BCUT2D eigenvalue weighted by molar-refractivity contribution is 6.00. The summed E-state index contributed by atoms with van der Waals surface area (Å²) in [7, 11) is 0. The van der Waals surface area contributed by atoms with Crippen LogP contribution in [0.5, 0.6) is 5.75 Å². The van der Waals surface area contributed by atoms with E-state index in [1.54, 1.807) is 30.3 Å². The highest BCUT2D eigenvalue weighted by Gasteiger charge is 2.43. The molecule has 7 heteroatoms. The number of nitrogens with one attached hydrogen (secondary N) is 1. The van der Waals surface area contributed by atoms with Crippen molar-refractivity contribution in [1.29, 1.82) is 5.26 Å². The molecule has 0 saturated heterocycles. The summed E-state index contributed by atoms with van der Waals surface area (Å²) in [5.41, 5.74) is 0.774. The van der Waals surface area contributed by atoms with Crippen molar-refractivity contribution in [2.24, 2.45) is 0 Å². The lowest BCUT2D eigenvalue weighted by Gasteiger charge is -2.28. The van der Waals surface area contributed by atoms with Crippen LogP contribution in [0.1, 0.15) is 57.1 Å². The van der Waals surface area contributed by atoms with Crippen LogP contribution in [0.3, 0.4) is 0 Å². The summed E-state index contributed by atoms with van der Waals surface area (Å²) >= 11 is 0. The largest absolute Gasteiger partial charge is 0.491 e. The number of carbonyl (C=O) groups is 1. The van der Waals surface area contributed by atoms with Crippen molar-refractivity contribution in [2.45, 2.75) is 57.5 Å². The second-order valence-corrected chi connectivity index (χ2v) is 7.70. The molecule has 1 fully saturated rings. The molecular formula is C23H25N3O4. The van der Waals surface area contributed by atoms with E-state index in [0.29, 0.717) is 29.8 Å². The number of nitro benzene ring substituents is 1. The normalized spacial score (nSPS) is 15.8. The molecule has 0 heterocycles. The quantitative estimate of drug-likeness (QED) is 0.508. The molecule has 0 aliphatic heterocycles. The van der Waals surface area contributed by atoms with Gasteiger partial charge in [-0.3, -0.25) is 14.9 Å². The Morgan fingerprint density at radius 2 is 1.93 bits per heavy atom. The van der Waals surface area contributed by atoms with Gasteiger partial charge in [-0.15, -0.1) is 0 Å². The van der Waals surface area contributed by atoms with Gasteiger partial charge in [0.15, 0.2) is 0 Å². The first kappa shape index (κ1) is 21.3. The van der Waals surface area contributed by atoms with Crippen LogP contribution in [0.4, 0.5) is 11.4 Å². The Morgan fingerprint density at radius 1 is 1.27 bits per heavy atom. The highest BCUT2D eigenvalue weighted by Crippen LogP contribution is 2.42. The first-order chi connectivity index (χ1) is 14.4. The summed E-state index contributed by atoms with van der Waals surface area (Å²) in [5, 5.41) is 23.4. The number of nitrogens with zero attached hydrogens (tertiary/aromatic N) is 2. The fourth-order valence-electron chi connectivity index (χ4n) is 3.88. The standard InChI is InChI=1S/C23H25N3O4/c1-3-16(2)30-20-10-11-21(17(14-20)15-24)25-22(27)23(12-4-5-13-23)18-6-8-19(9-7-18)26(28)29/h6-11,14,16H,3-5,12-13H2,1-2H3,(H,25,27). The molecule has 0 spiro atoms. The van der Waals surface area contributed by atoms with Gasteiger partial charge in [-0.1, -0.05) is 31.9 Å². The van der Waals surface area contributed by atoms with Crippen LogP contribution in [0.2, 0.25) is 0 Å². The van der Waals surface area contributed by atoms with Crippen LogP contribution < -0.4 is 10.1 Å². The lowest BCUT2D eigenvalue weighted by atomic mass is 9.78. The molecule has 0 radical (unpaired) electrons. The first-order valence-electron chi connectivity index (χ1n) is 10.2. The molecule has 1 saturated carbocycles. The minimum atomic E-state index is -0.756. The number of nitriles is 1. The summed E-state index contributed by atoms with van der Waals surface area (Å²) < 4.78 is 5.77. The van der Waals surface area contributed by atoms with Gasteiger partial charge in [0.1, 0.15) is 11.8 Å². The van der Waals surface area contributed by atoms with Gasteiger partial charge < -0.3 is 10.1 Å². The van der Waals surface area contributed by atoms with E-state index in [2.05, 4.69) is 11.4 Å². The molecule has 0 bridgehead atoms. The SMILES string of the molecule is CCC(C)Oc1ccc(NC(=O)C2(c3ccc([N+](=O)[O-])cc3)CCCC2)c(C#N)c1. The van der Waals surface area contributed by atoms with Crippen LogP contribution >= 0.6 is 0 Å². The van der Waals surface area contributed by atoms with Crippen molar-refractivity contribution >= 4 is 17.3 Å². The van der Waals surface area contributed by atoms with Crippen LogP contribution in [-0.2, 0) is 10.2 Å². The smallest absolute Gasteiger partial charge is 0.269 e. The van der Waals surface area contributed by atoms with E-state index in [4.69, 9.17) is 4.74 Å². The average Bonchev–Trinajstić information content (AvgIpc) is 3.26. The second-order valence-electron chi connectivity index (χ2n) is 7.70. The summed E-state index contributed by atoms with van der Waals surface area (Å²) in [6.45, 7) is 3.97. The maximum atomic E-state index is 13.3. The first-order valence-corrected chi connectivity index (χ1v) is 10.2. The van der Waals surface area contributed by atoms with Crippen LogP contribution in [0.25, 0.3) is 0 Å². The maximum absolute atomic E-state index is 13.3. The third-order valence-electron chi connectivity index (χ3n) is 5.79. The predicted molar refractivity (Wildman–Crippen MR) is 113 cm³/mol. The molecule has 1 aliphatic rings.